The molecule has 1 atom stereocenters. The van der Waals surface area contributed by atoms with Crippen molar-refractivity contribution in [2.45, 2.75) is 6.10 Å². The maximum absolute atomic E-state index is 11.9. The normalized spacial score (nSPS) is 12.4. The van der Waals surface area contributed by atoms with E-state index in [9.17, 15) is 4.79 Å². The lowest BCUT2D eigenvalue weighted by Gasteiger charge is -2.13. The number of carbonyl (C=O) groups is 1. The smallest absolute Gasteiger partial charge is 0.254 e. The summed E-state index contributed by atoms with van der Waals surface area (Å²) in [7, 11) is 1.59. The van der Waals surface area contributed by atoms with E-state index in [-0.39, 0.29) is 12.0 Å². The summed E-state index contributed by atoms with van der Waals surface area (Å²) in [6.07, 6.45) is 2.52. The molecule has 0 radical (unpaired) electrons. The summed E-state index contributed by atoms with van der Waals surface area (Å²) in [4.78, 5) is 11.9. The van der Waals surface area contributed by atoms with Gasteiger partial charge in [-0.15, -0.1) is 0 Å². The van der Waals surface area contributed by atoms with Gasteiger partial charge in [-0.25, -0.2) is 0 Å². The largest absolute Gasteiger partial charge is 0.472 e. The highest BCUT2D eigenvalue weighted by atomic mass is 16.5. The van der Waals surface area contributed by atoms with Crippen molar-refractivity contribution in [3.63, 3.8) is 0 Å². The molecule has 1 unspecified atom stereocenters. The fourth-order valence-corrected chi connectivity index (χ4v) is 2.14. The van der Waals surface area contributed by atoms with Gasteiger partial charge in [-0.2, -0.15) is 0 Å². The van der Waals surface area contributed by atoms with Gasteiger partial charge in [0.1, 0.15) is 23.7 Å². The van der Waals surface area contributed by atoms with Gasteiger partial charge >= 0.3 is 0 Å². The summed E-state index contributed by atoms with van der Waals surface area (Å²) in [6, 6.07) is 11.3. The summed E-state index contributed by atoms with van der Waals surface area (Å²) < 4.78 is 16.0. The third kappa shape index (κ3) is 2.83. The first-order valence-electron chi connectivity index (χ1n) is 6.59. The molecule has 5 heteroatoms. The third-order valence-corrected chi connectivity index (χ3v) is 3.28. The van der Waals surface area contributed by atoms with E-state index in [1.54, 1.807) is 13.2 Å². The monoisotopic (exact) mass is 285 g/mol. The fraction of sp³-hybridized carbons (Fsp3) is 0.188. The van der Waals surface area contributed by atoms with Crippen LogP contribution in [-0.4, -0.2) is 19.6 Å². The average Bonchev–Trinajstić information content (AvgIpc) is 3.17. The molecule has 2 aromatic heterocycles. The molecular formula is C16H15NO4. The zero-order valence-electron chi connectivity index (χ0n) is 11.5. The standard InChI is InChI=1S/C16H15NO4/c1-19-15(9-17-16(18)12-6-7-20-10-12)14-8-11-4-2-3-5-13(11)21-14/h2-8,10,15H,9H2,1H3,(H,17,18). The fourth-order valence-electron chi connectivity index (χ4n) is 2.14. The topological polar surface area (TPSA) is 64.6 Å². The molecular weight excluding hydrogens is 270 g/mol. The molecule has 0 aliphatic rings. The molecule has 0 fully saturated rings. The molecule has 108 valence electrons. The molecule has 3 aromatic rings. The van der Waals surface area contributed by atoms with Crippen LogP contribution in [0.15, 0.2) is 57.8 Å². The SMILES string of the molecule is COC(CNC(=O)c1ccoc1)c1cc2ccccc2o1. The number of benzene rings is 1. The quantitative estimate of drug-likeness (QED) is 0.782. The molecule has 1 amide bonds. The van der Waals surface area contributed by atoms with Crippen LogP contribution in [0.1, 0.15) is 22.2 Å². The van der Waals surface area contributed by atoms with Gasteiger partial charge < -0.3 is 18.9 Å². The number of fused-ring (bicyclic) bond motifs is 1. The second-order valence-electron chi connectivity index (χ2n) is 4.63. The first kappa shape index (κ1) is 13.5. The van der Waals surface area contributed by atoms with E-state index in [1.807, 2.05) is 30.3 Å². The van der Waals surface area contributed by atoms with Gasteiger partial charge in [-0.05, 0) is 18.2 Å². The van der Waals surface area contributed by atoms with Crippen LogP contribution >= 0.6 is 0 Å². The Kier molecular flexibility index (Phi) is 3.75. The van der Waals surface area contributed by atoms with Crippen LogP contribution in [0.25, 0.3) is 11.0 Å². The number of furan rings is 2. The Balaban J connectivity index is 1.71. The first-order chi connectivity index (χ1) is 10.3. The van der Waals surface area contributed by atoms with Gasteiger partial charge in [-0.3, -0.25) is 4.79 Å². The zero-order chi connectivity index (χ0) is 14.7. The number of nitrogens with one attached hydrogen (secondary N) is 1. The minimum Gasteiger partial charge on any atom is -0.472 e. The number of methoxy groups -OCH3 is 1. The number of hydrogen-bond acceptors (Lipinski definition) is 4. The van der Waals surface area contributed by atoms with E-state index in [4.69, 9.17) is 13.6 Å². The molecule has 0 saturated heterocycles. The minimum absolute atomic E-state index is 0.207. The van der Waals surface area contributed by atoms with E-state index >= 15 is 0 Å². The molecule has 0 aliphatic heterocycles. The number of amides is 1. The van der Waals surface area contributed by atoms with E-state index in [0.717, 1.165) is 11.0 Å². The van der Waals surface area contributed by atoms with Crippen molar-refractivity contribution in [2.75, 3.05) is 13.7 Å². The van der Waals surface area contributed by atoms with Gasteiger partial charge in [0.25, 0.3) is 5.91 Å². The highest BCUT2D eigenvalue weighted by Crippen LogP contribution is 2.25. The molecule has 21 heavy (non-hydrogen) atoms. The van der Waals surface area contributed by atoms with Crippen molar-refractivity contribution in [3.8, 4) is 0 Å². The summed E-state index contributed by atoms with van der Waals surface area (Å²) in [6.45, 7) is 0.320. The second-order valence-corrected chi connectivity index (χ2v) is 4.63. The Morgan fingerprint density at radius 3 is 2.90 bits per heavy atom. The zero-order valence-corrected chi connectivity index (χ0v) is 11.5. The van der Waals surface area contributed by atoms with Crippen LogP contribution in [0.4, 0.5) is 0 Å². The number of rotatable bonds is 5. The molecule has 3 rings (SSSR count). The van der Waals surface area contributed by atoms with Crippen LogP contribution in [0.5, 0.6) is 0 Å². The van der Waals surface area contributed by atoms with Crippen LogP contribution < -0.4 is 5.32 Å². The molecule has 0 bridgehead atoms. The number of ether oxygens (including phenoxy) is 1. The maximum atomic E-state index is 11.9. The maximum Gasteiger partial charge on any atom is 0.254 e. The molecule has 5 nitrogen and oxygen atoms in total. The number of hydrogen-bond donors (Lipinski definition) is 1. The molecule has 0 spiro atoms. The van der Waals surface area contributed by atoms with Crippen molar-refractivity contribution in [1.29, 1.82) is 0 Å². The van der Waals surface area contributed by atoms with E-state index in [0.29, 0.717) is 17.9 Å². The first-order valence-corrected chi connectivity index (χ1v) is 6.59. The van der Waals surface area contributed by atoms with Crippen molar-refractivity contribution in [3.05, 3.63) is 60.2 Å². The summed E-state index contributed by atoms with van der Waals surface area (Å²) >= 11 is 0. The average molecular weight is 285 g/mol. The lowest BCUT2D eigenvalue weighted by atomic mass is 10.2. The molecule has 1 N–H and O–H groups in total. The van der Waals surface area contributed by atoms with Crippen molar-refractivity contribution >= 4 is 16.9 Å². The van der Waals surface area contributed by atoms with E-state index < -0.39 is 0 Å². The molecule has 2 heterocycles. The Labute approximate surface area is 121 Å². The predicted octanol–water partition coefficient (Wildman–Crippen LogP) is 3.14. The van der Waals surface area contributed by atoms with Gasteiger partial charge in [0.2, 0.25) is 0 Å². The highest BCUT2D eigenvalue weighted by molar-refractivity contribution is 5.93. The Morgan fingerprint density at radius 1 is 1.33 bits per heavy atom. The van der Waals surface area contributed by atoms with Crippen LogP contribution in [0.2, 0.25) is 0 Å². The Hall–Kier alpha value is -2.53. The van der Waals surface area contributed by atoms with Crippen LogP contribution in [-0.2, 0) is 4.74 Å². The van der Waals surface area contributed by atoms with Gasteiger partial charge in [0.15, 0.2) is 0 Å². The van der Waals surface area contributed by atoms with Crippen LogP contribution in [0, 0.1) is 0 Å². The Bertz CT molecular complexity index is 697. The van der Waals surface area contributed by atoms with Gasteiger partial charge in [0.05, 0.1) is 18.4 Å². The van der Waals surface area contributed by atoms with Crippen molar-refractivity contribution in [2.24, 2.45) is 0 Å². The summed E-state index contributed by atoms with van der Waals surface area (Å²) in [5.41, 5.74) is 1.28. The van der Waals surface area contributed by atoms with Crippen LogP contribution in [0.3, 0.4) is 0 Å². The third-order valence-electron chi connectivity index (χ3n) is 3.28. The predicted molar refractivity (Wildman–Crippen MR) is 77.0 cm³/mol. The van der Waals surface area contributed by atoms with Gasteiger partial charge in [-0.1, -0.05) is 18.2 Å². The Morgan fingerprint density at radius 2 is 2.19 bits per heavy atom. The summed E-state index contributed by atoms with van der Waals surface area (Å²) in [5.74, 6) is 0.480. The number of para-hydroxylation sites is 1. The highest BCUT2D eigenvalue weighted by Gasteiger charge is 2.17. The second kappa shape index (κ2) is 5.85. The van der Waals surface area contributed by atoms with E-state index in [2.05, 4.69) is 5.32 Å². The summed E-state index contributed by atoms with van der Waals surface area (Å²) in [5, 5.41) is 3.80. The van der Waals surface area contributed by atoms with Crippen molar-refractivity contribution in [1.82, 2.24) is 5.32 Å². The molecule has 0 saturated carbocycles. The molecule has 1 aromatic carbocycles. The van der Waals surface area contributed by atoms with Crippen molar-refractivity contribution < 1.29 is 18.4 Å². The van der Waals surface area contributed by atoms with E-state index in [1.165, 1.54) is 12.5 Å². The molecule has 0 aliphatic carbocycles. The van der Waals surface area contributed by atoms with Gasteiger partial charge in [0, 0.05) is 12.5 Å². The lowest BCUT2D eigenvalue weighted by Crippen LogP contribution is -2.28. The minimum atomic E-state index is -0.340. The lowest BCUT2D eigenvalue weighted by molar-refractivity contribution is 0.0747. The number of carbonyl (C=O) groups excluding carboxylic acids is 1.